The average molecular weight is 261 g/mol. The van der Waals surface area contributed by atoms with Crippen molar-refractivity contribution in [2.24, 2.45) is 5.92 Å². The van der Waals surface area contributed by atoms with Gasteiger partial charge in [0.05, 0.1) is 0 Å². The standard InChI is InChI=1S/C14H19N3O2/c1-15-8-7-13(18)16-11-3-2-4-12(9-11)17-14(19)10-5-6-10/h2-4,9-10,15H,5-8H2,1H3,(H,16,18)(H,17,19). The van der Waals surface area contributed by atoms with Gasteiger partial charge in [0.2, 0.25) is 11.8 Å². The van der Waals surface area contributed by atoms with Gasteiger partial charge in [-0.1, -0.05) is 6.07 Å². The molecule has 0 atom stereocenters. The van der Waals surface area contributed by atoms with Crippen molar-refractivity contribution < 1.29 is 9.59 Å². The first kappa shape index (κ1) is 13.5. The average Bonchev–Trinajstić information content (AvgIpc) is 3.21. The van der Waals surface area contributed by atoms with Crippen molar-refractivity contribution in [2.75, 3.05) is 24.2 Å². The van der Waals surface area contributed by atoms with Crippen LogP contribution < -0.4 is 16.0 Å². The van der Waals surface area contributed by atoms with Crippen molar-refractivity contribution >= 4 is 23.2 Å². The van der Waals surface area contributed by atoms with Crippen molar-refractivity contribution in [3.8, 4) is 0 Å². The Balaban J connectivity index is 1.90. The second kappa shape index (κ2) is 6.33. The van der Waals surface area contributed by atoms with E-state index in [1.54, 1.807) is 13.1 Å². The fraction of sp³-hybridized carbons (Fsp3) is 0.429. The van der Waals surface area contributed by atoms with E-state index in [-0.39, 0.29) is 17.7 Å². The van der Waals surface area contributed by atoms with E-state index in [0.29, 0.717) is 18.7 Å². The van der Waals surface area contributed by atoms with Crippen LogP contribution in [0, 0.1) is 5.92 Å². The molecule has 1 aromatic carbocycles. The SMILES string of the molecule is CNCCC(=O)Nc1cccc(NC(=O)C2CC2)c1. The molecule has 1 aliphatic rings. The highest BCUT2D eigenvalue weighted by Gasteiger charge is 2.29. The van der Waals surface area contributed by atoms with Crippen molar-refractivity contribution in [2.45, 2.75) is 19.3 Å². The van der Waals surface area contributed by atoms with Crippen LogP contribution in [-0.2, 0) is 9.59 Å². The lowest BCUT2D eigenvalue weighted by Gasteiger charge is -2.08. The minimum Gasteiger partial charge on any atom is -0.326 e. The number of carbonyl (C=O) groups is 2. The maximum absolute atomic E-state index is 11.6. The molecule has 2 rings (SSSR count). The molecule has 0 aliphatic heterocycles. The summed E-state index contributed by atoms with van der Waals surface area (Å²) in [4.78, 5) is 23.2. The first-order valence-corrected chi connectivity index (χ1v) is 6.54. The van der Waals surface area contributed by atoms with Crippen LogP contribution in [0.3, 0.4) is 0 Å². The Morgan fingerprint density at radius 1 is 1.21 bits per heavy atom. The number of rotatable bonds is 6. The summed E-state index contributed by atoms with van der Waals surface area (Å²) in [7, 11) is 1.81. The molecule has 1 saturated carbocycles. The number of hydrogen-bond donors (Lipinski definition) is 3. The number of amides is 2. The number of nitrogens with one attached hydrogen (secondary N) is 3. The summed E-state index contributed by atoms with van der Waals surface area (Å²) < 4.78 is 0. The van der Waals surface area contributed by atoms with Gasteiger partial charge in [0.1, 0.15) is 0 Å². The van der Waals surface area contributed by atoms with Crippen LogP contribution in [0.4, 0.5) is 11.4 Å². The Morgan fingerprint density at radius 3 is 2.53 bits per heavy atom. The predicted molar refractivity (Wildman–Crippen MR) is 75.0 cm³/mol. The molecule has 3 N–H and O–H groups in total. The second-order valence-corrected chi connectivity index (χ2v) is 4.75. The lowest BCUT2D eigenvalue weighted by Crippen LogP contribution is -2.19. The first-order chi connectivity index (χ1) is 9.19. The highest BCUT2D eigenvalue weighted by Crippen LogP contribution is 2.30. The van der Waals surface area contributed by atoms with Gasteiger partial charge < -0.3 is 16.0 Å². The van der Waals surface area contributed by atoms with Gasteiger partial charge in [-0.25, -0.2) is 0 Å². The lowest BCUT2D eigenvalue weighted by molar-refractivity contribution is -0.117. The minimum absolute atomic E-state index is 0.0416. The zero-order valence-electron chi connectivity index (χ0n) is 11.0. The van der Waals surface area contributed by atoms with E-state index in [1.165, 1.54) is 0 Å². The molecule has 1 aliphatic carbocycles. The van der Waals surface area contributed by atoms with Crippen LogP contribution in [0.15, 0.2) is 24.3 Å². The van der Waals surface area contributed by atoms with Crippen molar-refractivity contribution in [3.05, 3.63) is 24.3 Å². The molecule has 0 heterocycles. The van der Waals surface area contributed by atoms with E-state index < -0.39 is 0 Å². The number of hydrogen-bond acceptors (Lipinski definition) is 3. The van der Waals surface area contributed by atoms with Gasteiger partial charge in [-0.05, 0) is 38.1 Å². The third-order valence-electron chi connectivity index (χ3n) is 2.96. The molecule has 2 amide bonds. The van der Waals surface area contributed by atoms with Gasteiger partial charge in [0, 0.05) is 30.3 Å². The summed E-state index contributed by atoms with van der Waals surface area (Å²) in [5, 5.41) is 8.59. The molecule has 0 aromatic heterocycles. The van der Waals surface area contributed by atoms with Crippen LogP contribution >= 0.6 is 0 Å². The molecule has 1 aromatic rings. The van der Waals surface area contributed by atoms with Crippen LogP contribution in [0.1, 0.15) is 19.3 Å². The Kier molecular flexibility index (Phi) is 4.52. The molecule has 0 radical (unpaired) electrons. The number of carbonyl (C=O) groups excluding carboxylic acids is 2. The predicted octanol–water partition coefficient (Wildman–Crippen LogP) is 1.58. The van der Waals surface area contributed by atoms with Gasteiger partial charge in [0.15, 0.2) is 0 Å². The smallest absolute Gasteiger partial charge is 0.227 e. The highest BCUT2D eigenvalue weighted by molar-refractivity contribution is 5.95. The third-order valence-corrected chi connectivity index (χ3v) is 2.96. The number of anilines is 2. The number of benzene rings is 1. The molecule has 5 nitrogen and oxygen atoms in total. The Hall–Kier alpha value is -1.88. The van der Waals surface area contributed by atoms with E-state index in [2.05, 4.69) is 16.0 Å². The largest absolute Gasteiger partial charge is 0.326 e. The van der Waals surface area contributed by atoms with E-state index in [0.717, 1.165) is 18.5 Å². The maximum atomic E-state index is 11.6. The summed E-state index contributed by atoms with van der Waals surface area (Å²) in [6.45, 7) is 0.643. The molecule has 0 spiro atoms. The normalized spacial score (nSPS) is 13.9. The van der Waals surface area contributed by atoms with Crippen LogP contribution in [0.2, 0.25) is 0 Å². The van der Waals surface area contributed by atoms with Gasteiger partial charge in [-0.15, -0.1) is 0 Å². The molecule has 1 fully saturated rings. The van der Waals surface area contributed by atoms with Crippen LogP contribution in [0.5, 0.6) is 0 Å². The van der Waals surface area contributed by atoms with Gasteiger partial charge in [-0.2, -0.15) is 0 Å². The maximum Gasteiger partial charge on any atom is 0.227 e. The summed E-state index contributed by atoms with van der Waals surface area (Å²) in [6, 6.07) is 7.22. The Bertz CT molecular complexity index is 470. The quantitative estimate of drug-likeness (QED) is 0.728. The van der Waals surface area contributed by atoms with Crippen molar-refractivity contribution in [3.63, 3.8) is 0 Å². The second-order valence-electron chi connectivity index (χ2n) is 4.75. The van der Waals surface area contributed by atoms with Gasteiger partial charge in [0.25, 0.3) is 0 Å². The fourth-order valence-electron chi connectivity index (χ4n) is 1.73. The fourth-order valence-corrected chi connectivity index (χ4v) is 1.73. The summed E-state index contributed by atoms with van der Waals surface area (Å²) in [6.07, 6.45) is 2.38. The van der Waals surface area contributed by atoms with E-state index in [4.69, 9.17) is 0 Å². The zero-order chi connectivity index (χ0) is 13.7. The van der Waals surface area contributed by atoms with E-state index >= 15 is 0 Å². The highest BCUT2D eigenvalue weighted by atomic mass is 16.2. The lowest BCUT2D eigenvalue weighted by atomic mass is 10.2. The molecule has 102 valence electrons. The minimum atomic E-state index is -0.0416. The van der Waals surface area contributed by atoms with Crippen LogP contribution in [-0.4, -0.2) is 25.4 Å². The summed E-state index contributed by atoms with van der Waals surface area (Å²) in [5.41, 5.74) is 1.43. The molecule has 5 heteroatoms. The first-order valence-electron chi connectivity index (χ1n) is 6.54. The summed E-state index contributed by atoms with van der Waals surface area (Å²) >= 11 is 0. The molecular formula is C14H19N3O2. The van der Waals surface area contributed by atoms with Crippen LogP contribution in [0.25, 0.3) is 0 Å². The van der Waals surface area contributed by atoms with E-state index in [1.807, 2.05) is 18.2 Å². The Labute approximate surface area is 112 Å². The van der Waals surface area contributed by atoms with Crippen molar-refractivity contribution in [1.29, 1.82) is 0 Å². The molecular weight excluding hydrogens is 242 g/mol. The molecule has 0 saturated heterocycles. The zero-order valence-corrected chi connectivity index (χ0v) is 11.0. The summed E-state index contributed by atoms with van der Waals surface area (Å²) in [5.74, 6) is 0.201. The van der Waals surface area contributed by atoms with Gasteiger partial charge >= 0.3 is 0 Å². The Morgan fingerprint density at radius 2 is 1.89 bits per heavy atom. The monoisotopic (exact) mass is 261 g/mol. The van der Waals surface area contributed by atoms with E-state index in [9.17, 15) is 9.59 Å². The third kappa shape index (κ3) is 4.37. The van der Waals surface area contributed by atoms with Crippen molar-refractivity contribution in [1.82, 2.24) is 5.32 Å². The molecule has 0 bridgehead atoms. The molecule has 19 heavy (non-hydrogen) atoms. The molecule has 0 unspecified atom stereocenters. The van der Waals surface area contributed by atoms with Gasteiger partial charge in [-0.3, -0.25) is 9.59 Å². The topological polar surface area (TPSA) is 70.2 Å².